The number of nitrogens with one attached hydrogen (secondary N) is 1. The molecule has 10 heteroatoms. The van der Waals surface area contributed by atoms with Gasteiger partial charge in [0.05, 0.1) is 12.3 Å². The predicted octanol–water partition coefficient (Wildman–Crippen LogP) is 3.12. The Morgan fingerprint density at radius 3 is 2.56 bits per heavy atom. The first-order chi connectivity index (χ1) is 14.8. The third kappa shape index (κ3) is 5.64. The van der Waals surface area contributed by atoms with Crippen LogP contribution in [-0.4, -0.2) is 54.8 Å². The first-order valence-electron chi connectivity index (χ1n) is 10.0. The summed E-state index contributed by atoms with van der Waals surface area (Å²) in [5, 5.41) is 10.3. The number of hydrogen-bond donors (Lipinski definition) is 2. The van der Waals surface area contributed by atoms with Crippen molar-refractivity contribution < 1.29 is 27.1 Å². The van der Waals surface area contributed by atoms with Gasteiger partial charge in [0.15, 0.2) is 0 Å². The molecule has 1 amide bonds. The van der Waals surface area contributed by atoms with E-state index in [2.05, 4.69) is 4.72 Å². The Hall–Kier alpha value is -2.07. The van der Waals surface area contributed by atoms with Gasteiger partial charge in [0.25, 0.3) is 5.91 Å². The molecule has 1 heterocycles. The van der Waals surface area contributed by atoms with E-state index in [0.717, 1.165) is 12.3 Å². The number of likely N-dealkylation sites (tertiary alicyclic amines) is 1. The lowest BCUT2D eigenvalue weighted by atomic mass is 9.95. The number of aliphatic hydroxyl groups is 1. The Bertz CT molecular complexity index is 1110. The molecule has 1 saturated heterocycles. The Labute approximate surface area is 191 Å². The number of hydrogen-bond acceptors (Lipinski definition) is 4. The summed E-state index contributed by atoms with van der Waals surface area (Å²) < 4.78 is 55.4. The first kappa shape index (κ1) is 24.6. The van der Waals surface area contributed by atoms with Crippen LogP contribution in [0.25, 0.3) is 11.1 Å². The van der Waals surface area contributed by atoms with E-state index in [1.807, 2.05) is 0 Å². The van der Waals surface area contributed by atoms with Gasteiger partial charge in [0.1, 0.15) is 17.2 Å². The summed E-state index contributed by atoms with van der Waals surface area (Å²) in [7, 11) is -3.59. The molecule has 0 unspecified atom stereocenters. The lowest BCUT2D eigenvalue weighted by Crippen LogP contribution is -2.52. The zero-order valence-electron chi connectivity index (χ0n) is 17.9. The highest BCUT2D eigenvalue weighted by atomic mass is 35.5. The van der Waals surface area contributed by atoms with Crippen molar-refractivity contribution in [2.24, 2.45) is 0 Å². The number of halogens is 3. The molecule has 32 heavy (non-hydrogen) atoms. The SMILES string of the molecule is CC(C)(O)C(=O)N1CC[C@H](NS(C)(=O)=O)[C@@H]1Cc1cccc(-c2cc(F)cc(Cl)c2)c1F. The minimum Gasteiger partial charge on any atom is -0.381 e. The van der Waals surface area contributed by atoms with E-state index in [1.165, 1.54) is 43.0 Å². The van der Waals surface area contributed by atoms with Crippen molar-refractivity contribution in [3.8, 4) is 11.1 Å². The summed E-state index contributed by atoms with van der Waals surface area (Å²) in [6, 6.07) is 6.98. The molecule has 1 aliphatic heterocycles. The molecule has 6 nitrogen and oxygen atoms in total. The van der Waals surface area contributed by atoms with Crippen molar-refractivity contribution in [1.29, 1.82) is 0 Å². The van der Waals surface area contributed by atoms with Crippen molar-refractivity contribution in [1.82, 2.24) is 9.62 Å². The molecule has 174 valence electrons. The Kier molecular flexibility index (Phi) is 6.95. The minimum atomic E-state index is -3.59. The van der Waals surface area contributed by atoms with Gasteiger partial charge in [0.2, 0.25) is 10.0 Å². The summed E-state index contributed by atoms with van der Waals surface area (Å²) in [6.07, 6.45) is 1.33. The van der Waals surface area contributed by atoms with Crippen LogP contribution >= 0.6 is 11.6 Å². The molecule has 2 atom stereocenters. The average Bonchev–Trinajstić information content (AvgIpc) is 3.01. The molecule has 3 rings (SSSR count). The van der Waals surface area contributed by atoms with Crippen molar-refractivity contribution in [2.75, 3.05) is 12.8 Å². The van der Waals surface area contributed by atoms with E-state index in [0.29, 0.717) is 6.42 Å². The van der Waals surface area contributed by atoms with Crippen molar-refractivity contribution in [2.45, 2.75) is 44.4 Å². The van der Waals surface area contributed by atoms with Gasteiger partial charge in [-0.05, 0) is 56.0 Å². The second-order valence-electron chi connectivity index (χ2n) is 8.55. The second-order valence-corrected chi connectivity index (χ2v) is 10.8. The van der Waals surface area contributed by atoms with Crippen molar-refractivity contribution in [3.05, 3.63) is 58.6 Å². The van der Waals surface area contributed by atoms with E-state index < -0.39 is 45.2 Å². The predicted molar refractivity (Wildman–Crippen MR) is 119 cm³/mol. The molecule has 2 aromatic rings. The number of amides is 1. The van der Waals surface area contributed by atoms with Crippen LogP contribution in [0, 0.1) is 11.6 Å². The lowest BCUT2D eigenvalue weighted by Gasteiger charge is -2.32. The van der Waals surface area contributed by atoms with Gasteiger partial charge in [-0.15, -0.1) is 0 Å². The fourth-order valence-corrected chi connectivity index (χ4v) is 5.06. The Balaban J connectivity index is 1.99. The molecular weight excluding hydrogens is 462 g/mol. The monoisotopic (exact) mass is 486 g/mol. The summed E-state index contributed by atoms with van der Waals surface area (Å²) in [6.45, 7) is 2.90. The molecular formula is C22H25ClF2N2O4S. The van der Waals surface area contributed by atoms with Gasteiger partial charge in [-0.2, -0.15) is 0 Å². The van der Waals surface area contributed by atoms with Crippen molar-refractivity contribution in [3.63, 3.8) is 0 Å². The number of nitrogens with zero attached hydrogens (tertiary/aromatic N) is 1. The number of sulfonamides is 1. The molecule has 0 saturated carbocycles. The van der Waals surface area contributed by atoms with Crippen molar-refractivity contribution >= 4 is 27.5 Å². The quantitative estimate of drug-likeness (QED) is 0.657. The number of carbonyl (C=O) groups is 1. The molecule has 1 aliphatic rings. The molecule has 1 fully saturated rings. The zero-order chi connectivity index (χ0) is 23.8. The molecule has 0 aromatic heterocycles. The molecule has 0 spiro atoms. The van der Waals surface area contributed by atoms with E-state index in [9.17, 15) is 22.7 Å². The smallest absolute Gasteiger partial charge is 0.254 e. The van der Waals surface area contributed by atoms with Crippen LogP contribution in [0.2, 0.25) is 5.02 Å². The fourth-order valence-electron chi connectivity index (χ4n) is 4.02. The van der Waals surface area contributed by atoms with Crippen LogP contribution in [0.1, 0.15) is 25.8 Å². The molecule has 0 aliphatic carbocycles. The van der Waals surface area contributed by atoms with Gasteiger partial charge < -0.3 is 10.0 Å². The molecule has 2 aromatic carbocycles. The Morgan fingerprint density at radius 2 is 1.97 bits per heavy atom. The zero-order valence-corrected chi connectivity index (χ0v) is 19.5. The maximum atomic E-state index is 15.4. The van der Waals surface area contributed by atoms with Gasteiger partial charge in [-0.1, -0.05) is 29.8 Å². The Morgan fingerprint density at radius 1 is 1.28 bits per heavy atom. The third-order valence-corrected chi connectivity index (χ3v) is 6.33. The summed E-state index contributed by atoms with van der Waals surface area (Å²) in [5.41, 5.74) is -1.05. The highest BCUT2D eigenvalue weighted by Crippen LogP contribution is 2.31. The van der Waals surface area contributed by atoms with E-state index in [1.54, 1.807) is 6.07 Å². The fraction of sp³-hybridized carbons (Fsp3) is 0.409. The number of benzene rings is 2. The van der Waals surface area contributed by atoms with Gasteiger partial charge in [-0.25, -0.2) is 21.9 Å². The van der Waals surface area contributed by atoms with Gasteiger partial charge >= 0.3 is 0 Å². The van der Waals surface area contributed by atoms with Crippen LogP contribution in [0.15, 0.2) is 36.4 Å². The molecule has 0 radical (unpaired) electrons. The highest BCUT2D eigenvalue weighted by Gasteiger charge is 2.42. The van der Waals surface area contributed by atoms with E-state index in [4.69, 9.17) is 11.6 Å². The summed E-state index contributed by atoms with van der Waals surface area (Å²) in [5.74, 6) is -1.80. The number of rotatable bonds is 6. The number of carbonyl (C=O) groups excluding carboxylic acids is 1. The van der Waals surface area contributed by atoms with Crippen LogP contribution in [0.3, 0.4) is 0 Å². The first-order valence-corrected chi connectivity index (χ1v) is 12.3. The maximum absolute atomic E-state index is 15.4. The van der Waals surface area contributed by atoms with Crippen LogP contribution in [0.5, 0.6) is 0 Å². The average molecular weight is 487 g/mol. The van der Waals surface area contributed by atoms with Crippen LogP contribution < -0.4 is 4.72 Å². The highest BCUT2D eigenvalue weighted by molar-refractivity contribution is 7.88. The van der Waals surface area contributed by atoms with E-state index in [-0.39, 0.29) is 34.7 Å². The molecule has 0 bridgehead atoms. The minimum absolute atomic E-state index is 0.00225. The molecule has 2 N–H and O–H groups in total. The van der Waals surface area contributed by atoms with Crippen LogP contribution in [-0.2, 0) is 21.2 Å². The summed E-state index contributed by atoms with van der Waals surface area (Å²) >= 11 is 5.91. The lowest BCUT2D eigenvalue weighted by molar-refractivity contribution is -0.148. The van der Waals surface area contributed by atoms with Gasteiger partial charge in [0, 0.05) is 23.2 Å². The normalized spacial score (nSPS) is 19.4. The van der Waals surface area contributed by atoms with Crippen LogP contribution in [0.4, 0.5) is 8.78 Å². The third-order valence-electron chi connectivity index (χ3n) is 5.38. The topological polar surface area (TPSA) is 86.7 Å². The largest absolute Gasteiger partial charge is 0.381 e. The second kappa shape index (κ2) is 9.05. The standard InChI is InChI=1S/C22H25ClF2N2O4S/c1-22(2,29)21(28)27-8-7-18(26-32(3,30)31)19(27)11-13-5-4-6-17(20(13)25)14-9-15(23)12-16(24)10-14/h4-6,9-10,12,18-19,26,29H,7-8,11H2,1-3H3/t18-,19-/m0/s1. The van der Waals surface area contributed by atoms with E-state index >= 15 is 4.39 Å². The van der Waals surface area contributed by atoms with Gasteiger partial charge in [-0.3, -0.25) is 4.79 Å². The maximum Gasteiger partial charge on any atom is 0.254 e. The summed E-state index contributed by atoms with van der Waals surface area (Å²) in [4.78, 5) is 14.2.